The molecule has 1 atom stereocenters. The number of carbonyl (C=O) groups excluding carboxylic acids is 1. The lowest BCUT2D eigenvalue weighted by Gasteiger charge is -2.36. The lowest BCUT2D eigenvalue weighted by molar-refractivity contribution is -0.141. The summed E-state index contributed by atoms with van der Waals surface area (Å²) in [5.74, 6) is -1.18. The summed E-state index contributed by atoms with van der Waals surface area (Å²) in [4.78, 5) is 27.0. The van der Waals surface area contributed by atoms with E-state index in [-0.39, 0.29) is 6.03 Å². The van der Waals surface area contributed by atoms with Gasteiger partial charge in [0.05, 0.1) is 5.92 Å². The number of nitrogens with one attached hydrogen (secondary N) is 1. The van der Waals surface area contributed by atoms with Crippen molar-refractivity contribution in [3.8, 4) is 0 Å². The van der Waals surface area contributed by atoms with Crippen molar-refractivity contribution < 1.29 is 14.7 Å². The lowest BCUT2D eigenvalue weighted by atomic mass is 10.1. The van der Waals surface area contributed by atoms with Gasteiger partial charge in [0, 0.05) is 25.7 Å². The van der Waals surface area contributed by atoms with Crippen molar-refractivity contribution >= 4 is 12.0 Å². The maximum absolute atomic E-state index is 12.5. The van der Waals surface area contributed by atoms with Gasteiger partial charge in [0.2, 0.25) is 0 Å². The third-order valence-electron chi connectivity index (χ3n) is 4.14. The van der Waals surface area contributed by atoms with Gasteiger partial charge >= 0.3 is 12.0 Å². The molecule has 2 saturated heterocycles. The average Bonchev–Trinajstić information content (AvgIpc) is 2.90. The molecule has 0 radical (unpaired) electrons. The molecule has 2 fully saturated rings. The predicted molar refractivity (Wildman–Crippen MR) is 71.0 cm³/mol. The Labute approximate surface area is 113 Å². The molecule has 6 heteroatoms. The van der Waals surface area contributed by atoms with Crippen molar-refractivity contribution in [1.29, 1.82) is 0 Å². The molecular formula is C13H23N3O3. The van der Waals surface area contributed by atoms with Gasteiger partial charge in [-0.25, -0.2) is 4.79 Å². The highest BCUT2D eigenvalue weighted by Crippen LogP contribution is 2.20. The summed E-state index contributed by atoms with van der Waals surface area (Å²) >= 11 is 0. The number of likely N-dealkylation sites (tertiary alicyclic amines) is 1. The molecule has 0 aromatic carbocycles. The molecule has 0 aliphatic carbocycles. The largest absolute Gasteiger partial charge is 0.481 e. The number of carboxylic acids is 1. The second-order valence-electron chi connectivity index (χ2n) is 5.32. The average molecular weight is 269 g/mol. The zero-order valence-corrected chi connectivity index (χ0v) is 11.5. The molecule has 2 amide bonds. The topological polar surface area (TPSA) is 72.9 Å². The molecule has 0 aromatic heterocycles. The van der Waals surface area contributed by atoms with Gasteiger partial charge in [-0.3, -0.25) is 4.79 Å². The first-order valence-corrected chi connectivity index (χ1v) is 7.12. The Balaban J connectivity index is 1.95. The van der Waals surface area contributed by atoms with Crippen LogP contribution in [0.2, 0.25) is 0 Å². The van der Waals surface area contributed by atoms with Gasteiger partial charge in [-0.05, 0) is 39.3 Å². The Kier molecular flexibility index (Phi) is 4.63. The van der Waals surface area contributed by atoms with Gasteiger partial charge in [0.15, 0.2) is 0 Å². The van der Waals surface area contributed by atoms with E-state index in [4.69, 9.17) is 5.11 Å². The van der Waals surface area contributed by atoms with Crippen LogP contribution < -0.4 is 5.32 Å². The molecule has 2 rings (SSSR count). The number of hydrogen-bond donors (Lipinski definition) is 2. The number of rotatable bonds is 3. The first kappa shape index (κ1) is 14.1. The van der Waals surface area contributed by atoms with Crippen LogP contribution in [-0.4, -0.2) is 65.7 Å². The van der Waals surface area contributed by atoms with Gasteiger partial charge in [0.25, 0.3) is 0 Å². The fourth-order valence-corrected chi connectivity index (χ4v) is 2.99. The molecule has 0 saturated carbocycles. The third-order valence-corrected chi connectivity index (χ3v) is 4.14. The van der Waals surface area contributed by atoms with E-state index in [1.807, 2.05) is 11.8 Å². The summed E-state index contributed by atoms with van der Waals surface area (Å²) in [5.41, 5.74) is 0. The Morgan fingerprint density at radius 2 is 2.00 bits per heavy atom. The van der Waals surface area contributed by atoms with Crippen molar-refractivity contribution in [2.75, 3.05) is 32.7 Å². The SMILES string of the molecule is CCN(C(=O)N1CCC(C(=O)O)C1)C1CCNCC1. The van der Waals surface area contributed by atoms with Crippen molar-refractivity contribution in [2.24, 2.45) is 5.92 Å². The number of urea groups is 1. The number of aliphatic carboxylic acids is 1. The normalized spacial score (nSPS) is 24.5. The molecule has 2 N–H and O–H groups in total. The molecule has 2 aliphatic heterocycles. The smallest absolute Gasteiger partial charge is 0.320 e. The maximum atomic E-state index is 12.5. The van der Waals surface area contributed by atoms with Crippen LogP contribution in [0.1, 0.15) is 26.2 Å². The summed E-state index contributed by atoms with van der Waals surface area (Å²) in [7, 11) is 0. The highest BCUT2D eigenvalue weighted by Gasteiger charge is 2.34. The number of nitrogens with zero attached hydrogens (tertiary/aromatic N) is 2. The van der Waals surface area contributed by atoms with Crippen LogP contribution in [0.4, 0.5) is 4.79 Å². The number of hydrogen-bond acceptors (Lipinski definition) is 3. The van der Waals surface area contributed by atoms with E-state index in [0.717, 1.165) is 25.9 Å². The lowest BCUT2D eigenvalue weighted by Crippen LogP contribution is -2.50. The van der Waals surface area contributed by atoms with E-state index in [1.54, 1.807) is 4.90 Å². The van der Waals surface area contributed by atoms with Gasteiger partial charge in [-0.2, -0.15) is 0 Å². The molecule has 2 aliphatic rings. The van der Waals surface area contributed by atoms with Gasteiger partial charge < -0.3 is 20.2 Å². The molecule has 2 heterocycles. The van der Waals surface area contributed by atoms with E-state index in [0.29, 0.717) is 32.1 Å². The molecule has 0 aromatic rings. The number of amides is 2. The van der Waals surface area contributed by atoms with Crippen molar-refractivity contribution in [3.63, 3.8) is 0 Å². The van der Waals surface area contributed by atoms with Gasteiger partial charge in [-0.1, -0.05) is 0 Å². The minimum atomic E-state index is -0.791. The molecule has 1 unspecified atom stereocenters. The van der Waals surface area contributed by atoms with Crippen LogP contribution in [0.5, 0.6) is 0 Å². The van der Waals surface area contributed by atoms with Crippen molar-refractivity contribution in [1.82, 2.24) is 15.1 Å². The van der Waals surface area contributed by atoms with E-state index in [1.165, 1.54) is 0 Å². The molecule has 6 nitrogen and oxygen atoms in total. The van der Waals surface area contributed by atoms with Crippen LogP contribution in [0.3, 0.4) is 0 Å². The number of carboxylic acid groups (broad SMARTS) is 1. The van der Waals surface area contributed by atoms with Crippen molar-refractivity contribution in [2.45, 2.75) is 32.2 Å². The third kappa shape index (κ3) is 3.18. The summed E-state index contributed by atoms with van der Waals surface area (Å²) < 4.78 is 0. The summed E-state index contributed by atoms with van der Waals surface area (Å²) in [6.45, 7) is 5.51. The monoisotopic (exact) mass is 269 g/mol. The minimum Gasteiger partial charge on any atom is -0.481 e. The zero-order chi connectivity index (χ0) is 13.8. The van der Waals surface area contributed by atoms with Crippen LogP contribution in [0.25, 0.3) is 0 Å². The Hall–Kier alpha value is -1.30. The van der Waals surface area contributed by atoms with Gasteiger partial charge in [0.1, 0.15) is 0 Å². The second kappa shape index (κ2) is 6.23. The predicted octanol–water partition coefficient (Wildman–Crippen LogP) is 0.587. The van der Waals surface area contributed by atoms with Crippen LogP contribution in [0, 0.1) is 5.92 Å². The number of piperidine rings is 1. The first-order valence-electron chi connectivity index (χ1n) is 7.12. The zero-order valence-electron chi connectivity index (χ0n) is 11.5. The van der Waals surface area contributed by atoms with Crippen LogP contribution >= 0.6 is 0 Å². The van der Waals surface area contributed by atoms with E-state index in [2.05, 4.69) is 5.32 Å². The standard InChI is InChI=1S/C13H23N3O3/c1-2-16(11-3-6-14-7-4-11)13(19)15-8-5-10(9-15)12(17)18/h10-11,14H,2-9H2,1H3,(H,17,18). The Bertz CT molecular complexity index is 342. The minimum absolute atomic E-state index is 0.0122. The fraction of sp³-hybridized carbons (Fsp3) is 0.846. The number of carbonyl (C=O) groups is 2. The highest BCUT2D eigenvalue weighted by molar-refractivity contribution is 5.77. The van der Waals surface area contributed by atoms with E-state index >= 15 is 0 Å². The summed E-state index contributed by atoms with van der Waals surface area (Å²) in [6, 6.07) is 0.306. The Morgan fingerprint density at radius 3 is 2.53 bits per heavy atom. The summed E-state index contributed by atoms with van der Waals surface area (Å²) in [5, 5.41) is 12.3. The molecule has 108 valence electrons. The first-order chi connectivity index (χ1) is 9.13. The van der Waals surface area contributed by atoms with Crippen LogP contribution in [-0.2, 0) is 4.79 Å². The van der Waals surface area contributed by atoms with Crippen LogP contribution in [0.15, 0.2) is 0 Å². The van der Waals surface area contributed by atoms with Gasteiger partial charge in [-0.15, -0.1) is 0 Å². The fourth-order valence-electron chi connectivity index (χ4n) is 2.99. The van der Waals surface area contributed by atoms with E-state index < -0.39 is 11.9 Å². The van der Waals surface area contributed by atoms with Crippen molar-refractivity contribution in [3.05, 3.63) is 0 Å². The molecular weight excluding hydrogens is 246 g/mol. The quantitative estimate of drug-likeness (QED) is 0.786. The second-order valence-corrected chi connectivity index (χ2v) is 5.32. The molecule has 0 bridgehead atoms. The maximum Gasteiger partial charge on any atom is 0.320 e. The highest BCUT2D eigenvalue weighted by atomic mass is 16.4. The van der Waals surface area contributed by atoms with E-state index in [9.17, 15) is 9.59 Å². The molecule has 19 heavy (non-hydrogen) atoms. The Morgan fingerprint density at radius 1 is 1.32 bits per heavy atom. The molecule has 0 spiro atoms. The summed E-state index contributed by atoms with van der Waals surface area (Å²) in [6.07, 6.45) is 2.54.